The largest absolute Gasteiger partial charge is 0.450 e. The predicted octanol–water partition coefficient (Wildman–Crippen LogP) is 0.939. The summed E-state index contributed by atoms with van der Waals surface area (Å²) < 4.78 is 5.01. The zero-order chi connectivity index (χ0) is 21.3. The van der Waals surface area contributed by atoms with E-state index < -0.39 is 6.04 Å². The van der Waals surface area contributed by atoms with Crippen LogP contribution >= 0.6 is 0 Å². The van der Waals surface area contributed by atoms with E-state index in [0.717, 1.165) is 6.42 Å². The molecule has 1 aromatic rings. The summed E-state index contributed by atoms with van der Waals surface area (Å²) in [6.45, 7) is 4.06. The smallest absolute Gasteiger partial charge is 0.409 e. The van der Waals surface area contributed by atoms with E-state index in [9.17, 15) is 19.2 Å². The number of hydrogen-bond donors (Lipinski definition) is 0. The molecule has 4 amide bonds. The molecule has 9 heteroatoms. The first-order valence-corrected chi connectivity index (χ1v) is 10.4. The minimum atomic E-state index is -0.515. The third-order valence-electron chi connectivity index (χ3n) is 5.94. The number of hydrogen-bond acceptors (Lipinski definition) is 5. The van der Waals surface area contributed by atoms with Crippen molar-refractivity contribution in [2.45, 2.75) is 25.8 Å². The Morgan fingerprint density at radius 1 is 1.03 bits per heavy atom. The molecule has 4 rings (SSSR count). The molecule has 0 aromatic heterocycles. The lowest BCUT2D eigenvalue weighted by Crippen LogP contribution is -2.54. The Kier molecular flexibility index (Phi) is 5.61. The molecule has 9 nitrogen and oxygen atoms in total. The van der Waals surface area contributed by atoms with Crippen LogP contribution in [-0.2, 0) is 14.3 Å². The third-order valence-corrected chi connectivity index (χ3v) is 5.94. The summed E-state index contributed by atoms with van der Waals surface area (Å²) >= 11 is 0. The molecule has 0 saturated carbocycles. The first kappa shape index (κ1) is 20.2. The molecular formula is C21H26N4O5. The zero-order valence-electron chi connectivity index (χ0n) is 17.1. The number of rotatable bonds is 3. The first-order valence-electron chi connectivity index (χ1n) is 10.4. The summed E-state index contributed by atoms with van der Waals surface area (Å²) in [4.78, 5) is 57.4. The highest BCUT2D eigenvalue weighted by molar-refractivity contribution is 6.12. The topological polar surface area (TPSA) is 90.5 Å². The molecular weight excluding hydrogens is 388 g/mol. The van der Waals surface area contributed by atoms with Crippen molar-refractivity contribution in [2.24, 2.45) is 0 Å². The van der Waals surface area contributed by atoms with Crippen molar-refractivity contribution in [3.05, 3.63) is 29.8 Å². The molecule has 2 fully saturated rings. The molecule has 1 aromatic carbocycles. The predicted molar refractivity (Wildman–Crippen MR) is 108 cm³/mol. The number of carbonyl (C=O) groups excluding carboxylic acids is 4. The minimum absolute atomic E-state index is 0.118. The van der Waals surface area contributed by atoms with Crippen molar-refractivity contribution in [2.75, 3.05) is 50.8 Å². The van der Waals surface area contributed by atoms with E-state index in [2.05, 4.69) is 0 Å². The van der Waals surface area contributed by atoms with Crippen molar-refractivity contribution in [1.29, 1.82) is 0 Å². The molecule has 160 valence electrons. The van der Waals surface area contributed by atoms with Crippen LogP contribution in [0, 0.1) is 0 Å². The average molecular weight is 414 g/mol. The maximum Gasteiger partial charge on any atom is 0.409 e. The quantitative estimate of drug-likeness (QED) is 0.734. The Bertz CT molecular complexity index is 865. The SMILES string of the molecule is CCOC(=O)N1CCN(C(=O)CN2C(=O)[C@@H]3CCCN3C(=O)c3ccccc32)CC1. The molecule has 3 aliphatic heterocycles. The number of benzene rings is 1. The highest BCUT2D eigenvalue weighted by Gasteiger charge is 2.42. The molecule has 0 aliphatic carbocycles. The van der Waals surface area contributed by atoms with Gasteiger partial charge in [-0.05, 0) is 31.9 Å². The number of fused-ring (bicyclic) bond motifs is 2. The second-order valence-corrected chi connectivity index (χ2v) is 7.66. The molecule has 3 heterocycles. The fourth-order valence-corrected chi connectivity index (χ4v) is 4.36. The lowest BCUT2D eigenvalue weighted by atomic mass is 10.1. The lowest BCUT2D eigenvalue weighted by Gasteiger charge is -2.35. The number of carbonyl (C=O) groups is 4. The molecule has 0 N–H and O–H groups in total. The maximum absolute atomic E-state index is 13.3. The Morgan fingerprint density at radius 3 is 2.47 bits per heavy atom. The van der Waals surface area contributed by atoms with E-state index in [4.69, 9.17) is 4.74 Å². The van der Waals surface area contributed by atoms with Gasteiger partial charge in [-0.2, -0.15) is 0 Å². The second kappa shape index (κ2) is 8.33. The van der Waals surface area contributed by atoms with Crippen LogP contribution in [0.25, 0.3) is 0 Å². The van der Waals surface area contributed by atoms with Crippen LogP contribution in [-0.4, -0.2) is 90.4 Å². The summed E-state index contributed by atoms with van der Waals surface area (Å²) in [5.74, 6) is -0.552. The van der Waals surface area contributed by atoms with Crippen molar-refractivity contribution in [3.8, 4) is 0 Å². The van der Waals surface area contributed by atoms with Gasteiger partial charge >= 0.3 is 6.09 Å². The van der Waals surface area contributed by atoms with Crippen molar-refractivity contribution < 1.29 is 23.9 Å². The third kappa shape index (κ3) is 3.59. The first-order chi connectivity index (χ1) is 14.5. The number of piperazine rings is 1. The van der Waals surface area contributed by atoms with Gasteiger partial charge in [-0.15, -0.1) is 0 Å². The van der Waals surface area contributed by atoms with Gasteiger partial charge in [-0.25, -0.2) is 4.79 Å². The maximum atomic E-state index is 13.3. The fraction of sp³-hybridized carbons (Fsp3) is 0.524. The molecule has 0 unspecified atom stereocenters. The Labute approximate surface area is 175 Å². The van der Waals surface area contributed by atoms with Crippen molar-refractivity contribution in [1.82, 2.24) is 14.7 Å². The van der Waals surface area contributed by atoms with Gasteiger partial charge in [-0.3, -0.25) is 14.4 Å². The second-order valence-electron chi connectivity index (χ2n) is 7.66. The summed E-state index contributed by atoms with van der Waals surface area (Å²) in [6, 6.07) is 6.45. The summed E-state index contributed by atoms with van der Waals surface area (Å²) in [5, 5.41) is 0. The number of anilines is 1. The summed E-state index contributed by atoms with van der Waals surface area (Å²) in [5.41, 5.74) is 0.940. The minimum Gasteiger partial charge on any atom is -0.450 e. The molecule has 3 aliphatic rings. The van der Waals surface area contributed by atoms with Crippen LogP contribution in [0.3, 0.4) is 0 Å². The molecule has 0 spiro atoms. The van der Waals surface area contributed by atoms with Crippen LogP contribution in [0.15, 0.2) is 24.3 Å². The molecule has 30 heavy (non-hydrogen) atoms. The molecule has 1 atom stereocenters. The standard InChI is InChI=1S/C21H26N4O5/c1-2-30-21(29)23-12-10-22(11-13-23)18(26)14-25-16-7-4-3-6-15(16)19(27)24-9-5-8-17(24)20(25)28/h3-4,6-7,17H,2,5,8-14H2,1H3/t17-/m0/s1. The van der Waals surface area contributed by atoms with E-state index >= 15 is 0 Å². The highest BCUT2D eigenvalue weighted by atomic mass is 16.6. The Morgan fingerprint density at radius 2 is 1.73 bits per heavy atom. The zero-order valence-corrected chi connectivity index (χ0v) is 17.1. The Balaban J connectivity index is 1.50. The van der Waals surface area contributed by atoms with Gasteiger partial charge in [0, 0.05) is 32.7 Å². The number of amides is 4. The van der Waals surface area contributed by atoms with Crippen molar-refractivity contribution >= 4 is 29.5 Å². The molecule has 2 saturated heterocycles. The normalized spacial score (nSPS) is 21.3. The summed E-state index contributed by atoms with van der Waals surface area (Å²) in [6.07, 6.45) is 1.02. The fourth-order valence-electron chi connectivity index (χ4n) is 4.36. The van der Waals surface area contributed by atoms with Gasteiger partial charge in [0.05, 0.1) is 17.9 Å². The monoisotopic (exact) mass is 414 g/mol. The van der Waals surface area contributed by atoms with E-state index in [-0.39, 0.29) is 30.4 Å². The van der Waals surface area contributed by atoms with E-state index in [1.807, 2.05) is 0 Å². The van der Waals surface area contributed by atoms with Gasteiger partial charge in [0.1, 0.15) is 12.6 Å². The van der Waals surface area contributed by atoms with Gasteiger partial charge in [0.15, 0.2) is 0 Å². The average Bonchev–Trinajstić information content (AvgIpc) is 3.24. The highest BCUT2D eigenvalue weighted by Crippen LogP contribution is 2.32. The van der Waals surface area contributed by atoms with E-state index in [1.165, 1.54) is 4.90 Å². The van der Waals surface area contributed by atoms with Gasteiger partial charge < -0.3 is 24.3 Å². The number of ether oxygens (including phenoxy) is 1. The van der Waals surface area contributed by atoms with Gasteiger partial charge in [0.2, 0.25) is 11.8 Å². The summed E-state index contributed by atoms with van der Waals surface area (Å²) in [7, 11) is 0. The van der Waals surface area contributed by atoms with Gasteiger partial charge in [-0.1, -0.05) is 12.1 Å². The van der Waals surface area contributed by atoms with Crippen LogP contribution in [0.2, 0.25) is 0 Å². The molecule has 0 bridgehead atoms. The van der Waals surface area contributed by atoms with E-state index in [1.54, 1.807) is 45.9 Å². The van der Waals surface area contributed by atoms with Crippen LogP contribution in [0.1, 0.15) is 30.1 Å². The van der Waals surface area contributed by atoms with Gasteiger partial charge in [0.25, 0.3) is 5.91 Å². The van der Waals surface area contributed by atoms with E-state index in [0.29, 0.717) is 57.0 Å². The molecule has 0 radical (unpaired) electrons. The van der Waals surface area contributed by atoms with Crippen LogP contribution in [0.4, 0.5) is 10.5 Å². The van der Waals surface area contributed by atoms with Crippen molar-refractivity contribution in [3.63, 3.8) is 0 Å². The van der Waals surface area contributed by atoms with Crippen LogP contribution < -0.4 is 4.90 Å². The Hall–Kier alpha value is -3.10. The van der Waals surface area contributed by atoms with Crippen LogP contribution in [0.5, 0.6) is 0 Å². The lowest BCUT2D eigenvalue weighted by molar-refractivity contribution is -0.133. The number of nitrogens with zero attached hydrogens (tertiary/aromatic N) is 4. The number of para-hydroxylation sites is 1.